The number of carbonyl (C=O) groups excluding carboxylic acids is 4. The lowest BCUT2D eigenvalue weighted by Crippen LogP contribution is -2.54. The first kappa shape index (κ1) is 27.0. The number of benzene rings is 2. The Balaban J connectivity index is 1.24. The molecule has 0 saturated carbocycles. The van der Waals surface area contributed by atoms with Crippen molar-refractivity contribution < 1.29 is 23.6 Å². The van der Waals surface area contributed by atoms with Crippen molar-refractivity contribution in [3.63, 3.8) is 0 Å². The van der Waals surface area contributed by atoms with Gasteiger partial charge in [-0.15, -0.1) is 0 Å². The molecule has 2 fully saturated rings. The summed E-state index contributed by atoms with van der Waals surface area (Å²) in [5.74, 6) is -2.49. The van der Waals surface area contributed by atoms with Crippen LogP contribution in [-0.4, -0.2) is 76.1 Å². The Morgan fingerprint density at radius 3 is 2.41 bits per heavy atom. The summed E-state index contributed by atoms with van der Waals surface area (Å²) in [5, 5.41) is 5.36. The lowest BCUT2D eigenvalue weighted by molar-refractivity contribution is -0.136. The van der Waals surface area contributed by atoms with Gasteiger partial charge in [0.1, 0.15) is 11.9 Å². The molecule has 0 aromatic heterocycles. The van der Waals surface area contributed by atoms with Crippen LogP contribution in [0.15, 0.2) is 36.4 Å². The first-order chi connectivity index (χ1) is 18.5. The molecule has 2 saturated heterocycles. The van der Waals surface area contributed by atoms with Crippen molar-refractivity contribution in [2.75, 3.05) is 31.5 Å². The van der Waals surface area contributed by atoms with E-state index in [2.05, 4.69) is 41.2 Å². The Bertz CT molecular complexity index is 1330. The van der Waals surface area contributed by atoms with Gasteiger partial charge in [0.05, 0.1) is 11.1 Å². The minimum Gasteiger partial charge on any atom is -0.380 e. The van der Waals surface area contributed by atoms with E-state index in [-0.39, 0.29) is 41.9 Å². The maximum absolute atomic E-state index is 15.0. The van der Waals surface area contributed by atoms with Gasteiger partial charge in [-0.1, -0.05) is 18.2 Å². The zero-order valence-electron chi connectivity index (χ0n) is 22.6. The second kappa shape index (κ2) is 10.5. The average molecular weight is 536 g/mol. The Morgan fingerprint density at radius 1 is 1.00 bits per heavy atom. The van der Waals surface area contributed by atoms with Gasteiger partial charge in [0, 0.05) is 62.5 Å². The molecule has 1 unspecified atom stereocenters. The summed E-state index contributed by atoms with van der Waals surface area (Å²) in [7, 11) is 0. The fourth-order valence-electron chi connectivity index (χ4n) is 5.51. The number of hydrogen-bond acceptors (Lipinski definition) is 7. The van der Waals surface area contributed by atoms with E-state index in [1.165, 1.54) is 6.07 Å². The van der Waals surface area contributed by atoms with E-state index in [9.17, 15) is 19.2 Å². The number of hydrogen-bond donors (Lipinski definition) is 2. The number of halogens is 1. The van der Waals surface area contributed by atoms with Crippen molar-refractivity contribution in [1.29, 1.82) is 0 Å². The van der Waals surface area contributed by atoms with E-state index in [0.717, 1.165) is 31.1 Å². The van der Waals surface area contributed by atoms with Gasteiger partial charge < -0.3 is 5.32 Å². The van der Waals surface area contributed by atoms with Crippen LogP contribution in [0.5, 0.6) is 0 Å². The monoisotopic (exact) mass is 535 g/mol. The molecular weight excluding hydrogens is 501 g/mol. The summed E-state index contributed by atoms with van der Waals surface area (Å²) in [6.07, 6.45) is 0.153. The topological polar surface area (TPSA) is 102 Å². The predicted molar refractivity (Wildman–Crippen MR) is 143 cm³/mol. The third-order valence-electron chi connectivity index (χ3n) is 7.78. The Hall–Kier alpha value is -3.63. The number of fused-ring (bicyclic) bond motifs is 1. The number of nitrogens with zero attached hydrogens (tertiary/aromatic N) is 3. The first-order valence-corrected chi connectivity index (χ1v) is 13.4. The summed E-state index contributed by atoms with van der Waals surface area (Å²) in [5.41, 5.74) is 2.28. The number of piperidine rings is 1. The minimum absolute atomic E-state index is 0.0591. The van der Waals surface area contributed by atoms with Crippen LogP contribution in [0, 0.1) is 5.82 Å². The SMILES string of the molecule is CC(C)(C)N1CCN(Cc2ccc(CNc3cccc4c3C(=O)N(C3CCC(=O)NC3=O)C4=O)cc2F)CC1. The molecule has 0 aliphatic carbocycles. The van der Waals surface area contributed by atoms with Crippen molar-refractivity contribution in [1.82, 2.24) is 20.0 Å². The Morgan fingerprint density at radius 2 is 1.74 bits per heavy atom. The molecule has 0 radical (unpaired) electrons. The van der Waals surface area contributed by atoms with E-state index in [1.807, 2.05) is 6.07 Å². The summed E-state index contributed by atoms with van der Waals surface area (Å²) in [4.78, 5) is 55.8. The molecule has 9 nitrogen and oxygen atoms in total. The highest BCUT2D eigenvalue weighted by molar-refractivity contribution is 6.25. The van der Waals surface area contributed by atoms with Crippen LogP contribution >= 0.6 is 0 Å². The highest BCUT2D eigenvalue weighted by Gasteiger charge is 2.45. The quantitative estimate of drug-likeness (QED) is 0.549. The molecule has 2 aromatic rings. The average Bonchev–Trinajstić information content (AvgIpc) is 3.14. The predicted octanol–water partition coefficient (Wildman–Crippen LogP) is 2.76. The van der Waals surface area contributed by atoms with Crippen molar-refractivity contribution in [2.24, 2.45) is 0 Å². The standard InChI is InChI=1S/C29H34FN5O4/c1-29(2,3)34-13-11-33(12-14-34)17-19-8-7-18(15-21(19)30)16-31-22-6-4-5-20-25(22)28(39)35(27(20)38)23-9-10-24(36)32-26(23)37/h4-8,15,23,31H,9-14,16-17H2,1-3H3,(H,32,36,37). The van der Waals surface area contributed by atoms with E-state index in [0.29, 0.717) is 23.4 Å². The van der Waals surface area contributed by atoms with Gasteiger partial charge in [-0.25, -0.2) is 4.39 Å². The lowest BCUT2D eigenvalue weighted by atomic mass is 10.0. The second-order valence-electron chi connectivity index (χ2n) is 11.4. The molecule has 3 aliphatic heterocycles. The van der Waals surface area contributed by atoms with E-state index in [1.54, 1.807) is 24.3 Å². The van der Waals surface area contributed by atoms with Crippen LogP contribution in [-0.2, 0) is 22.7 Å². The van der Waals surface area contributed by atoms with Gasteiger partial charge in [0.2, 0.25) is 11.8 Å². The molecule has 3 heterocycles. The number of nitrogens with one attached hydrogen (secondary N) is 2. The fraction of sp³-hybridized carbons (Fsp3) is 0.448. The normalized spacial score (nSPS) is 20.8. The zero-order valence-corrected chi connectivity index (χ0v) is 22.6. The molecule has 10 heteroatoms. The number of carbonyl (C=O) groups is 4. The highest BCUT2D eigenvalue weighted by atomic mass is 19.1. The molecule has 2 N–H and O–H groups in total. The minimum atomic E-state index is -1.03. The molecular formula is C29H34FN5O4. The third kappa shape index (κ3) is 5.44. The van der Waals surface area contributed by atoms with Crippen LogP contribution in [0.3, 0.4) is 0 Å². The molecule has 0 bridgehead atoms. The smallest absolute Gasteiger partial charge is 0.264 e. The molecule has 1 atom stereocenters. The molecule has 3 aliphatic rings. The van der Waals surface area contributed by atoms with Crippen LogP contribution in [0.1, 0.15) is 65.5 Å². The van der Waals surface area contributed by atoms with Gasteiger partial charge >= 0.3 is 0 Å². The zero-order chi connectivity index (χ0) is 27.9. The summed E-state index contributed by atoms with van der Waals surface area (Å²) < 4.78 is 15.0. The first-order valence-electron chi connectivity index (χ1n) is 13.4. The Labute approximate surface area is 227 Å². The number of rotatable bonds is 6. The van der Waals surface area contributed by atoms with E-state index < -0.39 is 29.7 Å². The number of anilines is 1. The summed E-state index contributed by atoms with van der Waals surface area (Å²) in [6.45, 7) is 11.1. The van der Waals surface area contributed by atoms with E-state index >= 15 is 4.39 Å². The van der Waals surface area contributed by atoms with Crippen LogP contribution < -0.4 is 10.6 Å². The van der Waals surface area contributed by atoms with Crippen LogP contribution in [0.2, 0.25) is 0 Å². The van der Waals surface area contributed by atoms with Crippen molar-refractivity contribution >= 4 is 29.3 Å². The molecule has 39 heavy (non-hydrogen) atoms. The van der Waals surface area contributed by atoms with Gasteiger partial charge in [-0.2, -0.15) is 0 Å². The van der Waals surface area contributed by atoms with E-state index in [4.69, 9.17) is 0 Å². The molecule has 5 rings (SSSR count). The van der Waals surface area contributed by atoms with Crippen molar-refractivity contribution in [2.45, 2.75) is 58.3 Å². The van der Waals surface area contributed by atoms with Gasteiger partial charge in [-0.3, -0.25) is 39.2 Å². The lowest BCUT2D eigenvalue weighted by Gasteiger charge is -2.42. The third-order valence-corrected chi connectivity index (χ3v) is 7.78. The molecule has 206 valence electrons. The molecule has 2 aromatic carbocycles. The van der Waals surface area contributed by atoms with Gasteiger partial charge in [-0.05, 0) is 51.0 Å². The second-order valence-corrected chi connectivity index (χ2v) is 11.4. The maximum Gasteiger partial charge on any atom is 0.264 e. The van der Waals surface area contributed by atoms with Crippen molar-refractivity contribution in [3.8, 4) is 0 Å². The Kier molecular flexibility index (Phi) is 7.26. The van der Waals surface area contributed by atoms with Crippen LogP contribution in [0.25, 0.3) is 0 Å². The summed E-state index contributed by atoms with van der Waals surface area (Å²) >= 11 is 0. The van der Waals surface area contributed by atoms with Crippen LogP contribution in [0.4, 0.5) is 10.1 Å². The highest BCUT2D eigenvalue weighted by Crippen LogP contribution is 2.32. The fourth-order valence-corrected chi connectivity index (χ4v) is 5.51. The summed E-state index contributed by atoms with van der Waals surface area (Å²) in [6, 6.07) is 9.02. The van der Waals surface area contributed by atoms with Gasteiger partial charge in [0.25, 0.3) is 11.8 Å². The number of amides is 4. The number of imide groups is 2. The van der Waals surface area contributed by atoms with Gasteiger partial charge in [0.15, 0.2) is 0 Å². The largest absolute Gasteiger partial charge is 0.380 e. The molecule has 0 spiro atoms. The maximum atomic E-state index is 15.0. The molecule has 4 amide bonds. The number of piperazine rings is 1. The van der Waals surface area contributed by atoms with Crippen molar-refractivity contribution in [3.05, 3.63) is 64.5 Å².